The number of benzene rings is 22. The van der Waals surface area contributed by atoms with Gasteiger partial charge in [-0.3, -0.25) is 0 Å². The molecule has 0 saturated heterocycles. The predicted octanol–water partition coefficient (Wildman–Crippen LogP) is 37.0. The fraction of sp³-hybridized carbons (Fsp3) is 0.0677. The van der Waals surface area contributed by atoms with Crippen LogP contribution in [0.25, 0.3) is 76.5 Å². The molecular formula is C133H92N6O2S3Se. The van der Waals surface area contributed by atoms with Crippen LogP contribution in [0.3, 0.4) is 0 Å². The zero-order valence-corrected chi connectivity index (χ0v) is 84.5. The molecular weight excluding hydrogens is 1890 g/mol. The van der Waals surface area contributed by atoms with Crippen LogP contribution in [0.2, 0.25) is 0 Å². The van der Waals surface area contributed by atoms with Crippen molar-refractivity contribution >= 4 is 205 Å². The topological polar surface area (TPSA) is 37.9 Å². The summed E-state index contributed by atoms with van der Waals surface area (Å²) in [5, 5.41) is 9.77. The van der Waals surface area contributed by atoms with E-state index in [-0.39, 0.29) is 31.2 Å². The van der Waals surface area contributed by atoms with Crippen LogP contribution in [0.15, 0.2) is 478 Å². The molecule has 22 aromatic rings. The van der Waals surface area contributed by atoms with Gasteiger partial charge in [0.05, 0.1) is 56.9 Å². The molecule has 0 N–H and O–H groups in total. The van der Waals surface area contributed by atoms with Crippen molar-refractivity contribution in [1.82, 2.24) is 0 Å². The second kappa shape index (κ2) is 33.0. The molecule has 690 valence electrons. The van der Waals surface area contributed by atoms with Crippen molar-refractivity contribution in [2.75, 3.05) is 29.4 Å². The molecule has 145 heavy (non-hydrogen) atoms. The predicted molar refractivity (Wildman–Crippen MR) is 608 cm³/mol. The normalized spacial score (nSPS) is 14.8. The van der Waals surface area contributed by atoms with Gasteiger partial charge in [0.15, 0.2) is 23.0 Å². The van der Waals surface area contributed by atoms with Gasteiger partial charge in [-0.15, -0.1) is 0 Å². The minimum absolute atomic E-state index is 0.0762. The molecule has 0 amide bonds. The van der Waals surface area contributed by atoms with Gasteiger partial charge in [0.2, 0.25) is 0 Å². The fourth-order valence-corrected chi connectivity index (χ4v) is 29.7. The van der Waals surface area contributed by atoms with Crippen LogP contribution in [0.5, 0.6) is 23.0 Å². The zero-order valence-electron chi connectivity index (χ0n) is 80.4. The van der Waals surface area contributed by atoms with E-state index in [4.69, 9.17) is 9.47 Å². The van der Waals surface area contributed by atoms with E-state index in [1.54, 1.807) is 0 Å². The molecule has 0 spiro atoms. The summed E-state index contributed by atoms with van der Waals surface area (Å²) in [7, 11) is 0. The van der Waals surface area contributed by atoms with Crippen LogP contribution in [0.1, 0.15) is 74.9 Å². The third-order valence-corrected chi connectivity index (χ3v) is 36.7. The number of hydrogen-bond donors (Lipinski definition) is 0. The molecule has 12 heteroatoms. The number of hydrogen-bond acceptors (Lipinski definition) is 11. The smallest absolute Gasteiger partial charge is 0.152 e. The van der Waals surface area contributed by atoms with Crippen molar-refractivity contribution in [1.29, 1.82) is 0 Å². The Morgan fingerprint density at radius 3 is 0.897 bits per heavy atom. The number of para-hydroxylation sites is 12. The molecule has 22 aromatic carbocycles. The van der Waals surface area contributed by atoms with E-state index in [2.05, 4.69) is 490 Å². The standard InChI is InChI=1S/C47H32N2SSe.C43H30N2O2.C43H30N2S2/c1-47(2)35-20-8-7-15-29(35)34-27-42-40(28-36(34)47)48(37-21-9-12-24-41(37)50-42)45-30-16-3-5-18-32(30)46(33-19-6-4-17-31(33)45)49-38-22-10-13-25-43(38)51-44-26-14-11-23-39(44)49;1-43(2)33-12-4-3-11-31(33)32-25-42-38(26-34(32)43)45(37-15-7-10-18-41(37)47-42)30-22-20-27-23-29(21-19-28(27)24-30)44-35-13-5-8-16-39(35)46-40-17-9-6-14-36(40)44;1-43(2)31-16-4-3-13-27(31)30-25-42-38(26-32(30)43)45(37-19-7-10-24-41(37)47-42)34-21-12-14-28-29(34)15-11-20-33(28)44-35-17-5-8-22-39(35)46-40-23-9-6-18-36(40)44/h3-28H,1-2H3;2*3-26H,1-2H3. The van der Waals surface area contributed by atoms with E-state index in [1.807, 2.05) is 65.6 Å². The summed E-state index contributed by atoms with van der Waals surface area (Å²) in [6.45, 7) is 14.2. The van der Waals surface area contributed by atoms with Crippen molar-refractivity contribution < 1.29 is 9.47 Å². The molecule has 31 rings (SSSR count). The summed E-state index contributed by atoms with van der Waals surface area (Å²) in [5.41, 5.74) is 37.1. The second-order valence-corrected chi connectivity index (χ2v) is 45.6. The molecule has 6 aliphatic heterocycles. The van der Waals surface area contributed by atoms with Gasteiger partial charge >= 0.3 is 261 Å². The van der Waals surface area contributed by atoms with Crippen molar-refractivity contribution in [3.63, 3.8) is 0 Å². The van der Waals surface area contributed by atoms with Crippen molar-refractivity contribution in [2.24, 2.45) is 0 Å². The summed E-state index contributed by atoms with van der Waals surface area (Å²) in [5.74, 6) is 3.42. The average molecular weight is 1980 g/mol. The van der Waals surface area contributed by atoms with E-state index in [9.17, 15) is 0 Å². The monoisotopic (exact) mass is 1980 g/mol. The maximum Gasteiger partial charge on any atom is 0.152 e. The maximum atomic E-state index is 6.61. The van der Waals surface area contributed by atoms with Crippen LogP contribution in [0.4, 0.5) is 102 Å². The van der Waals surface area contributed by atoms with Gasteiger partial charge in [-0.05, 0) is 200 Å². The van der Waals surface area contributed by atoms with Crippen LogP contribution in [0, 0.1) is 0 Å². The van der Waals surface area contributed by atoms with Gasteiger partial charge in [0, 0.05) is 52.6 Å². The van der Waals surface area contributed by atoms with Gasteiger partial charge in [0.1, 0.15) is 0 Å². The summed E-state index contributed by atoms with van der Waals surface area (Å²) < 4.78 is 15.7. The number of ether oxygens (including phenoxy) is 2. The molecule has 0 atom stereocenters. The van der Waals surface area contributed by atoms with Crippen LogP contribution in [-0.2, 0) is 16.2 Å². The molecule has 0 unspecified atom stereocenters. The quantitative estimate of drug-likeness (QED) is 0.118. The van der Waals surface area contributed by atoms with Crippen molar-refractivity contribution in [3.8, 4) is 56.4 Å². The first kappa shape index (κ1) is 85.6. The Balaban J connectivity index is 0.000000103. The van der Waals surface area contributed by atoms with Gasteiger partial charge in [-0.2, -0.15) is 0 Å². The SMILES string of the molecule is CC1(C)c2ccccc2-c2cc3c(cc21)N(c1c2ccccc2c(N2c4ccccc4[Se]c4ccccc42)c2ccccc12)c1ccccc1S3.CC1(C)c2ccccc2-c2cc3c(cc21)N(c1ccc2cc(N4c5ccccc5Oc5ccccc54)ccc2c1)c1ccccc1O3.CC1(C)c2ccccc2-c2cc3c(cc21)N(c1cccc2c(N4c5ccccc5Sc5ccccc54)cccc12)c1ccccc1S3. The Hall–Kier alpha value is -16.2. The van der Waals surface area contributed by atoms with Gasteiger partial charge in [-0.1, -0.05) is 247 Å². The summed E-state index contributed by atoms with van der Waals surface area (Å²) in [4.78, 5) is 22.4. The van der Waals surface area contributed by atoms with Crippen LogP contribution in [-0.4, -0.2) is 15.0 Å². The third-order valence-electron chi connectivity index (χ3n) is 31.0. The Kier molecular flexibility index (Phi) is 19.5. The largest absolute Gasteiger partial charge is 0.453 e. The minimum Gasteiger partial charge on any atom is -0.453 e. The van der Waals surface area contributed by atoms with Crippen molar-refractivity contribution in [2.45, 2.75) is 87.2 Å². The molecule has 8 nitrogen and oxygen atoms in total. The van der Waals surface area contributed by atoms with Crippen LogP contribution >= 0.6 is 35.3 Å². The van der Waals surface area contributed by atoms with E-state index < -0.39 is 0 Å². The van der Waals surface area contributed by atoms with E-state index in [0.717, 1.165) is 57.1 Å². The molecule has 0 radical (unpaired) electrons. The summed E-state index contributed by atoms with van der Waals surface area (Å²) in [6, 6.07) is 164. The summed E-state index contributed by atoms with van der Waals surface area (Å²) in [6.07, 6.45) is 0. The number of nitrogens with zero attached hydrogens (tertiary/aromatic N) is 6. The zero-order chi connectivity index (χ0) is 96.4. The third kappa shape index (κ3) is 13.2. The van der Waals surface area contributed by atoms with E-state index in [1.165, 1.54) is 216 Å². The van der Waals surface area contributed by atoms with Crippen LogP contribution < -0.4 is 47.8 Å². The first-order valence-corrected chi connectivity index (χ1v) is 53.9. The number of rotatable bonds is 6. The first-order valence-electron chi connectivity index (χ1n) is 49.7. The molecule has 0 aromatic heterocycles. The van der Waals surface area contributed by atoms with Gasteiger partial charge in [-0.25, -0.2) is 0 Å². The average Bonchev–Trinajstić information content (AvgIpc) is 1.71. The fourth-order valence-electron chi connectivity index (χ4n) is 24.2. The number of anilines is 18. The van der Waals surface area contributed by atoms with Crippen molar-refractivity contribution in [3.05, 3.63) is 482 Å². The Morgan fingerprint density at radius 2 is 0.476 bits per heavy atom. The Bertz CT molecular complexity index is 9110. The minimum atomic E-state index is -0.111. The second-order valence-electron chi connectivity index (χ2n) is 40.1. The Labute approximate surface area is 862 Å². The molecule has 0 saturated carbocycles. The molecule has 9 aliphatic rings. The first-order chi connectivity index (χ1) is 71.2. The molecule has 0 fully saturated rings. The maximum absolute atomic E-state index is 6.61. The molecule has 6 heterocycles. The molecule has 3 aliphatic carbocycles. The van der Waals surface area contributed by atoms with E-state index in [0.29, 0.717) is 0 Å². The van der Waals surface area contributed by atoms with E-state index >= 15 is 0 Å². The van der Waals surface area contributed by atoms with Gasteiger partial charge < -0.3 is 29.1 Å². The summed E-state index contributed by atoms with van der Waals surface area (Å²) >= 11 is 5.87. The van der Waals surface area contributed by atoms with Gasteiger partial charge in [0.25, 0.3) is 0 Å². The molecule has 0 bridgehead atoms. The Morgan fingerprint density at radius 1 is 0.186 bits per heavy atom. The number of fused-ring (bicyclic) bond motifs is 25.